The molecule has 2 atom stereocenters. The van der Waals surface area contributed by atoms with Gasteiger partial charge in [-0.05, 0) is 25.7 Å². The Labute approximate surface area is 394 Å². The number of amides is 1. The van der Waals surface area contributed by atoms with Crippen LogP contribution >= 0.6 is 0 Å². The summed E-state index contributed by atoms with van der Waals surface area (Å²) in [6.07, 6.45) is 60.9. The van der Waals surface area contributed by atoms with Gasteiger partial charge < -0.3 is 20.3 Å². The van der Waals surface area contributed by atoms with Crippen LogP contribution in [0.1, 0.15) is 328 Å². The van der Waals surface area contributed by atoms with Crippen LogP contribution in [0.3, 0.4) is 0 Å². The lowest BCUT2D eigenvalue weighted by molar-refractivity contribution is -0.143. The van der Waals surface area contributed by atoms with E-state index in [9.17, 15) is 19.8 Å². The molecule has 0 fully saturated rings. The maximum atomic E-state index is 12.5. The van der Waals surface area contributed by atoms with E-state index in [1.807, 2.05) is 0 Å². The predicted molar refractivity (Wildman–Crippen MR) is 274 cm³/mol. The summed E-state index contributed by atoms with van der Waals surface area (Å²) in [5.74, 6) is -0.0271. The molecule has 0 radical (unpaired) electrons. The molecule has 0 aliphatic heterocycles. The van der Waals surface area contributed by atoms with Crippen LogP contribution in [0.15, 0.2) is 0 Å². The van der Waals surface area contributed by atoms with E-state index in [4.69, 9.17) is 4.74 Å². The Kier molecular flexibility index (Phi) is 52.5. The van der Waals surface area contributed by atoms with Crippen molar-refractivity contribution in [3.63, 3.8) is 0 Å². The van der Waals surface area contributed by atoms with Crippen molar-refractivity contribution in [3.05, 3.63) is 0 Å². The molecule has 2 unspecified atom stereocenters. The first-order valence-corrected chi connectivity index (χ1v) is 28.8. The molecule has 1 amide bonds. The summed E-state index contributed by atoms with van der Waals surface area (Å²) in [7, 11) is 0. The molecule has 0 rings (SSSR count). The number of nitrogens with one attached hydrogen (secondary N) is 1. The van der Waals surface area contributed by atoms with Crippen LogP contribution in [-0.2, 0) is 14.3 Å². The molecular weight excluding hydrogens is 779 g/mol. The molecule has 376 valence electrons. The lowest BCUT2D eigenvalue weighted by atomic mass is 10.0. The van der Waals surface area contributed by atoms with Gasteiger partial charge in [0, 0.05) is 12.8 Å². The molecule has 0 aromatic carbocycles. The molecule has 3 N–H and O–H groups in total. The highest BCUT2D eigenvalue weighted by Crippen LogP contribution is 2.18. The molecule has 0 aromatic heterocycles. The van der Waals surface area contributed by atoms with Gasteiger partial charge in [0.15, 0.2) is 0 Å². The van der Waals surface area contributed by atoms with E-state index in [0.717, 1.165) is 38.5 Å². The van der Waals surface area contributed by atoms with Crippen LogP contribution in [0, 0.1) is 0 Å². The molecule has 0 aliphatic rings. The number of rotatable bonds is 54. The second-order valence-electron chi connectivity index (χ2n) is 20.0. The number of hydrogen-bond donors (Lipinski definition) is 3. The third kappa shape index (κ3) is 50.1. The zero-order valence-electron chi connectivity index (χ0n) is 42.8. The largest absolute Gasteiger partial charge is 0.466 e. The Morgan fingerprint density at radius 3 is 0.968 bits per heavy atom. The minimum Gasteiger partial charge on any atom is -0.466 e. The van der Waals surface area contributed by atoms with Crippen molar-refractivity contribution in [2.75, 3.05) is 13.2 Å². The van der Waals surface area contributed by atoms with Crippen LogP contribution in [0.5, 0.6) is 0 Å². The zero-order valence-corrected chi connectivity index (χ0v) is 42.8. The maximum absolute atomic E-state index is 12.5. The SMILES string of the molecule is CCCCCCCCCCCCCCCCCCC(O)C(CO)NC(=O)CCCCCCCCCCCCCCCCCCCCOC(=O)CCCCCCCCCCCCCC. The molecule has 0 saturated heterocycles. The van der Waals surface area contributed by atoms with Crippen LogP contribution < -0.4 is 5.32 Å². The number of esters is 1. The normalized spacial score (nSPS) is 12.5. The van der Waals surface area contributed by atoms with Crippen LogP contribution in [0.2, 0.25) is 0 Å². The van der Waals surface area contributed by atoms with Gasteiger partial charge in [0.2, 0.25) is 5.91 Å². The van der Waals surface area contributed by atoms with Crippen molar-refractivity contribution < 1.29 is 24.5 Å². The van der Waals surface area contributed by atoms with E-state index < -0.39 is 12.1 Å². The summed E-state index contributed by atoms with van der Waals surface area (Å²) < 4.78 is 5.47. The van der Waals surface area contributed by atoms with Crippen molar-refractivity contribution in [2.24, 2.45) is 0 Å². The number of hydrogen-bond acceptors (Lipinski definition) is 5. The standard InChI is InChI=1S/C57H113NO5/c1-3-5-7-9-11-13-15-17-18-23-26-29-33-37-41-45-49-55(60)54(53-59)58-56(61)50-46-42-38-34-30-27-24-21-19-20-22-25-28-32-36-40-44-48-52-63-57(62)51-47-43-39-35-31-16-14-12-10-8-6-4-2/h54-55,59-60H,3-53H2,1-2H3,(H,58,61). The summed E-state index contributed by atoms with van der Waals surface area (Å²) in [6, 6.07) is -0.543. The predicted octanol–water partition coefficient (Wildman–Crippen LogP) is 17.5. The summed E-state index contributed by atoms with van der Waals surface area (Å²) in [6.45, 7) is 4.97. The van der Waals surface area contributed by atoms with Crippen molar-refractivity contribution in [3.8, 4) is 0 Å². The van der Waals surface area contributed by atoms with E-state index in [2.05, 4.69) is 19.2 Å². The van der Waals surface area contributed by atoms with Gasteiger partial charge in [-0.25, -0.2) is 0 Å². The summed E-state index contributed by atoms with van der Waals surface area (Å²) in [4.78, 5) is 24.5. The van der Waals surface area contributed by atoms with Crippen LogP contribution in [0.25, 0.3) is 0 Å². The summed E-state index contributed by atoms with van der Waals surface area (Å²) in [5.41, 5.74) is 0. The van der Waals surface area contributed by atoms with Gasteiger partial charge in [-0.15, -0.1) is 0 Å². The molecule has 0 heterocycles. The molecule has 0 aromatic rings. The second kappa shape index (κ2) is 53.5. The quantitative estimate of drug-likeness (QED) is 0.0418. The number of carbonyl (C=O) groups is 2. The van der Waals surface area contributed by atoms with Gasteiger partial charge in [0.1, 0.15) is 0 Å². The van der Waals surface area contributed by atoms with Gasteiger partial charge in [-0.1, -0.05) is 290 Å². The average molecular weight is 893 g/mol. The van der Waals surface area contributed by atoms with E-state index in [1.165, 1.54) is 257 Å². The minimum absolute atomic E-state index is 0.00890. The molecule has 6 heteroatoms. The fourth-order valence-corrected chi connectivity index (χ4v) is 9.23. The minimum atomic E-state index is -0.665. The maximum Gasteiger partial charge on any atom is 0.305 e. The molecule has 63 heavy (non-hydrogen) atoms. The van der Waals surface area contributed by atoms with Crippen molar-refractivity contribution >= 4 is 11.9 Å². The Bertz CT molecular complexity index is 898. The van der Waals surface area contributed by atoms with Crippen molar-refractivity contribution in [1.82, 2.24) is 5.32 Å². The number of ether oxygens (including phenoxy) is 1. The Morgan fingerprint density at radius 1 is 0.381 bits per heavy atom. The lowest BCUT2D eigenvalue weighted by Gasteiger charge is -2.22. The third-order valence-electron chi connectivity index (χ3n) is 13.7. The fraction of sp³-hybridized carbons (Fsp3) is 0.965. The van der Waals surface area contributed by atoms with Gasteiger partial charge in [-0.3, -0.25) is 9.59 Å². The second-order valence-corrected chi connectivity index (χ2v) is 20.0. The first-order valence-electron chi connectivity index (χ1n) is 28.8. The number of aliphatic hydroxyl groups is 2. The third-order valence-corrected chi connectivity index (χ3v) is 13.7. The monoisotopic (exact) mass is 892 g/mol. The molecule has 0 saturated carbocycles. The lowest BCUT2D eigenvalue weighted by Crippen LogP contribution is -2.45. The first kappa shape index (κ1) is 61.9. The Balaban J connectivity index is 3.40. The fourth-order valence-electron chi connectivity index (χ4n) is 9.23. The Morgan fingerprint density at radius 2 is 0.651 bits per heavy atom. The van der Waals surface area contributed by atoms with Gasteiger partial charge in [0.05, 0.1) is 25.4 Å². The molecule has 0 spiro atoms. The average Bonchev–Trinajstić information content (AvgIpc) is 3.28. The highest BCUT2D eigenvalue weighted by atomic mass is 16.5. The molecule has 0 aliphatic carbocycles. The molecular formula is C57H113NO5. The number of unbranched alkanes of at least 4 members (excludes halogenated alkanes) is 43. The van der Waals surface area contributed by atoms with Crippen molar-refractivity contribution in [1.29, 1.82) is 0 Å². The van der Waals surface area contributed by atoms with Gasteiger partial charge >= 0.3 is 5.97 Å². The summed E-state index contributed by atoms with van der Waals surface area (Å²) >= 11 is 0. The number of carbonyl (C=O) groups excluding carboxylic acids is 2. The molecule has 6 nitrogen and oxygen atoms in total. The van der Waals surface area contributed by atoms with E-state index in [-0.39, 0.29) is 18.5 Å². The van der Waals surface area contributed by atoms with Crippen LogP contribution in [-0.4, -0.2) is 47.4 Å². The smallest absolute Gasteiger partial charge is 0.305 e. The van der Waals surface area contributed by atoms with Crippen molar-refractivity contribution in [2.45, 2.75) is 341 Å². The zero-order chi connectivity index (χ0) is 45.8. The first-order chi connectivity index (χ1) is 31.0. The van der Waals surface area contributed by atoms with E-state index in [1.54, 1.807) is 0 Å². The van der Waals surface area contributed by atoms with Gasteiger partial charge in [-0.2, -0.15) is 0 Å². The highest BCUT2D eigenvalue weighted by Gasteiger charge is 2.20. The number of aliphatic hydroxyl groups excluding tert-OH is 2. The highest BCUT2D eigenvalue weighted by molar-refractivity contribution is 5.76. The van der Waals surface area contributed by atoms with Crippen LogP contribution in [0.4, 0.5) is 0 Å². The van der Waals surface area contributed by atoms with E-state index >= 15 is 0 Å². The van der Waals surface area contributed by atoms with Gasteiger partial charge in [0.25, 0.3) is 0 Å². The topological polar surface area (TPSA) is 95.9 Å². The van der Waals surface area contributed by atoms with E-state index in [0.29, 0.717) is 25.9 Å². The Hall–Kier alpha value is -1.14. The summed E-state index contributed by atoms with van der Waals surface area (Å²) in [5, 5.41) is 23.3. The molecule has 0 bridgehead atoms.